The van der Waals surface area contributed by atoms with Crippen LogP contribution < -0.4 is 0 Å². The number of pyridine rings is 1. The van der Waals surface area contributed by atoms with Gasteiger partial charge in [0.2, 0.25) is 0 Å². The van der Waals surface area contributed by atoms with Crippen molar-refractivity contribution in [1.29, 1.82) is 0 Å². The lowest BCUT2D eigenvalue weighted by Crippen LogP contribution is -1.81. The van der Waals surface area contributed by atoms with E-state index in [4.69, 9.17) is 4.74 Å². The fraction of sp³-hybridized carbons (Fsp3) is 0.222. The van der Waals surface area contributed by atoms with Gasteiger partial charge in [0.05, 0.1) is 18.6 Å². The fourth-order valence-corrected chi connectivity index (χ4v) is 1.09. The standard InChI is InChI=1S/C9H10BrNO/c1-2-12-7-6-8-4-3-5-9(10)11-8/h3-7H,2H2,1H3. The molecule has 3 heteroatoms. The van der Waals surface area contributed by atoms with E-state index in [0.29, 0.717) is 6.61 Å². The minimum Gasteiger partial charge on any atom is -0.501 e. The molecule has 0 aliphatic rings. The van der Waals surface area contributed by atoms with Crippen LogP contribution in [0, 0.1) is 0 Å². The number of nitrogens with zero attached hydrogens (tertiary/aromatic N) is 1. The lowest BCUT2D eigenvalue weighted by molar-refractivity contribution is 0.272. The molecule has 12 heavy (non-hydrogen) atoms. The first-order valence-electron chi connectivity index (χ1n) is 3.73. The van der Waals surface area contributed by atoms with Crippen molar-refractivity contribution in [1.82, 2.24) is 4.98 Å². The first-order chi connectivity index (χ1) is 5.83. The number of halogens is 1. The lowest BCUT2D eigenvalue weighted by atomic mass is 10.3. The van der Waals surface area contributed by atoms with Crippen LogP contribution in [0.25, 0.3) is 6.08 Å². The molecule has 0 aliphatic carbocycles. The van der Waals surface area contributed by atoms with Gasteiger partial charge in [-0.25, -0.2) is 4.98 Å². The van der Waals surface area contributed by atoms with Crippen LogP contribution >= 0.6 is 15.9 Å². The van der Waals surface area contributed by atoms with Gasteiger partial charge in [-0.05, 0) is 41.1 Å². The molecule has 0 saturated heterocycles. The van der Waals surface area contributed by atoms with Crippen LogP contribution in [0.5, 0.6) is 0 Å². The van der Waals surface area contributed by atoms with Gasteiger partial charge in [-0.15, -0.1) is 0 Å². The van der Waals surface area contributed by atoms with Gasteiger partial charge in [0.25, 0.3) is 0 Å². The van der Waals surface area contributed by atoms with Gasteiger partial charge >= 0.3 is 0 Å². The maximum Gasteiger partial charge on any atom is 0.106 e. The molecule has 0 aliphatic heterocycles. The van der Waals surface area contributed by atoms with Crippen molar-refractivity contribution < 1.29 is 4.74 Å². The van der Waals surface area contributed by atoms with Crippen LogP contribution in [0.1, 0.15) is 12.6 Å². The minimum atomic E-state index is 0.685. The fourth-order valence-electron chi connectivity index (χ4n) is 0.731. The maximum absolute atomic E-state index is 5.04. The number of aromatic nitrogens is 1. The van der Waals surface area contributed by atoms with E-state index in [-0.39, 0.29) is 0 Å². The molecule has 0 radical (unpaired) electrons. The van der Waals surface area contributed by atoms with Gasteiger partial charge in [-0.3, -0.25) is 0 Å². The van der Waals surface area contributed by atoms with Crippen molar-refractivity contribution in [3.05, 3.63) is 34.8 Å². The molecular formula is C9H10BrNO. The Hall–Kier alpha value is -0.830. The Morgan fingerprint density at radius 2 is 2.42 bits per heavy atom. The average molecular weight is 228 g/mol. The normalized spacial score (nSPS) is 10.5. The minimum absolute atomic E-state index is 0.685. The first kappa shape index (κ1) is 9.26. The zero-order valence-electron chi connectivity index (χ0n) is 6.83. The third kappa shape index (κ3) is 3.05. The highest BCUT2D eigenvalue weighted by Crippen LogP contribution is 2.07. The molecule has 0 unspecified atom stereocenters. The topological polar surface area (TPSA) is 22.1 Å². The van der Waals surface area contributed by atoms with Crippen LogP contribution in [0.2, 0.25) is 0 Å². The Morgan fingerprint density at radius 1 is 1.58 bits per heavy atom. The van der Waals surface area contributed by atoms with Crippen molar-refractivity contribution in [3.8, 4) is 0 Å². The van der Waals surface area contributed by atoms with E-state index in [1.54, 1.807) is 6.26 Å². The van der Waals surface area contributed by atoms with E-state index < -0.39 is 0 Å². The summed E-state index contributed by atoms with van der Waals surface area (Å²) in [4.78, 5) is 4.19. The van der Waals surface area contributed by atoms with Crippen LogP contribution in [0.4, 0.5) is 0 Å². The van der Waals surface area contributed by atoms with Crippen molar-refractivity contribution in [2.75, 3.05) is 6.61 Å². The van der Waals surface area contributed by atoms with Gasteiger partial charge in [0.1, 0.15) is 4.60 Å². The van der Waals surface area contributed by atoms with Crippen LogP contribution in [0.15, 0.2) is 29.1 Å². The number of rotatable bonds is 3. The molecule has 0 N–H and O–H groups in total. The molecule has 0 fully saturated rings. The molecule has 0 saturated carbocycles. The average Bonchev–Trinajstić information content (AvgIpc) is 2.05. The van der Waals surface area contributed by atoms with E-state index in [1.165, 1.54) is 0 Å². The second-order valence-corrected chi connectivity index (χ2v) is 2.96. The molecule has 0 bridgehead atoms. The highest BCUT2D eigenvalue weighted by atomic mass is 79.9. The molecule has 1 aromatic heterocycles. The first-order valence-corrected chi connectivity index (χ1v) is 4.53. The number of hydrogen-bond donors (Lipinski definition) is 0. The molecule has 1 aromatic rings. The highest BCUT2D eigenvalue weighted by molar-refractivity contribution is 9.10. The third-order valence-corrected chi connectivity index (χ3v) is 1.68. The molecule has 1 rings (SSSR count). The summed E-state index contributed by atoms with van der Waals surface area (Å²) >= 11 is 3.29. The van der Waals surface area contributed by atoms with E-state index in [9.17, 15) is 0 Å². The third-order valence-electron chi connectivity index (χ3n) is 1.24. The van der Waals surface area contributed by atoms with Crippen LogP contribution in [0.3, 0.4) is 0 Å². The zero-order valence-corrected chi connectivity index (χ0v) is 8.41. The maximum atomic E-state index is 5.04. The molecule has 0 aromatic carbocycles. The van der Waals surface area contributed by atoms with Crippen molar-refractivity contribution in [3.63, 3.8) is 0 Å². The van der Waals surface area contributed by atoms with Gasteiger partial charge < -0.3 is 4.74 Å². The Balaban J connectivity index is 2.63. The summed E-state index contributed by atoms with van der Waals surface area (Å²) in [6, 6.07) is 5.74. The molecule has 64 valence electrons. The summed E-state index contributed by atoms with van der Waals surface area (Å²) in [5.41, 5.74) is 0.887. The largest absolute Gasteiger partial charge is 0.501 e. The molecular weight excluding hydrogens is 218 g/mol. The van der Waals surface area contributed by atoms with Crippen LogP contribution in [-0.4, -0.2) is 11.6 Å². The summed E-state index contributed by atoms with van der Waals surface area (Å²) in [6.07, 6.45) is 3.48. The number of ether oxygens (including phenoxy) is 1. The van der Waals surface area contributed by atoms with E-state index in [2.05, 4.69) is 20.9 Å². The quantitative estimate of drug-likeness (QED) is 0.586. The van der Waals surface area contributed by atoms with E-state index in [1.807, 2.05) is 31.2 Å². The van der Waals surface area contributed by atoms with Crippen molar-refractivity contribution >= 4 is 22.0 Å². The van der Waals surface area contributed by atoms with Gasteiger partial charge in [0, 0.05) is 0 Å². The predicted octanol–water partition coefficient (Wildman–Crippen LogP) is 2.85. The molecule has 1 heterocycles. The summed E-state index contributed by atoms with van der Waals surface area (Å²) in [7, 11) is 0. The smallest absolute Gasteiger partial charge is 0.106 e. The molecule has 0 amide bonds. The summed E-state index contributed by atoms with van der Waals surface area (Å²) in [5.74, 6) is 0. The molecule has 0 atom stereocenters. The predicted molar refractivity (Wildman–Crippen MR) is 52.6 cm³/mol. The van der Waals surface area contributed by atoms with Crippen molar-refractivity contribution in [2.24, 2.45) is 0 Å². The molecule has 0 spiro atoms. The summed E-state index contributed by atoms with van der Waals surface area (Å²) in [5, 5.41) is 0. The van der Waals surface area contributed by atoms with E-state index >= 15 is 0 Å². The lowest BCUT2D eigenvalue weighted by Gasteiger charge is -1.94. The SMILES string of the molecule is CCOC=Cc1cccc(Br)n1. The van der Waals surface area contributed by atoms with Crippen LogP contribution in [-0.2, 0) is 4.74 Å². The summed E-state index contributed by atoms with van der Waals surface area (Å²) in [6.45, 7) is 2.63. The molecule has 2 nitrogen and oxygen atoms in total. The second kappa shape index (κ2) is 4.93. The van der Waals surface area contributed by atoms with E-state index in [0.717, 1.165) is 10.3 Å². The monoisotopic (exact) mass is 227 g/mol. The highest BCUT2D eigenvalue weighted by Gasteiger charge is 1.88. The van der Waals surface area contributed by atoms with Crippen molar-refractivity contribution in [2.45, 2.75) is 6.92 Å². The Labute approximate surface area is 80.4 Å². The second-order valence-electron chi connectivity index (χ2n) is 2.14. The zero-order chi connectivity index (χ0) is 8.81. The van der Waals surface area contributed by atoms with Gasteiger partial charge in [-0.2, -0.15) is 0 Å². The van der Waals surface area contributed by atoms with Gasteiger partial charge in [0.15, 0.2) is 0 Å². The Bertz CT molecular complexity index is 273. The van der Waals surface area contributed by atoms with Gasteiger partial charge in [-0.1, -0.05) is 6.07 Å². The Kier molecular flexibility index (Phi) is 3.80. The number of hydrogen-bond acceptors (Lipinski definition) is 2. The summed E-state index contributed by atoms with van der Waals surface area (Å²) < 4.78 is 5.88. The Morgan fingerprint density at radius 3 is 3.08 bits per heavy atom.